The number of amides is 1. The molecule has 2 rings (SSSR count). The number of likely N-dealkylation sites (tertiary alicyclic amines) is 1. The van der Waals surface area contributed by atoms with Crippen LogP contribution in [0.5, 0.6) is 6.01 Å². The molecule has 0 saturated carbocycles. The van der Waals surface area contributed by atoms with Crippen LogP contribution in [0.3, 0.4) is 0 Å². The number of ether oxygens (including phenoxy) is 1. The summed E-state index contributed by atoms with van der Waals surface area (Å²) in [5.74, 6) is 0. The fraction of sp³-hybridized carbons (Fsp3) is 0.571. The Morgan fingerprint density at radius 3 is 2.85 bits per heavy atom. The van der Waals surface area contributed by atoms with Gasteiger partial charge in [0.1, 0.15) is 6.33 Å². The van der Waals surface area contributed by atoms with Crippen LogP contribution in [-0.2, 0) is 7.05 Å². The summed E-state index contributed by atoms with van der Waals surface area (Å²) in [6.07, 6.45) is 2.19. The highest BCUT2D eigenvalue weighted by Crippen LogP contribution is 2.10. The maximum Gasteiger partial charge on any atom is 0.417 e. The lowest BCUT2D eigenvalue weighted by Crippen LogP contribution is -2.43. The van der Waals surface area contributed by atoms with E-state index in [2.05, 4.69) is 10.2 Å². The summed E-state index contributed by atoms with van der Waals surface area (Å²) in [7, 11) is 1.72. The second-order valence-corrected chi connectivity index (χ2v) is 2.93. The van der Waals surface area contributed by atoms with E-state index in [0.29, 0.717) is 0 Å². The molecule has 6 nitrogen and oxygen atoms in total. The minimum atomic E-state index is -0.345. The Balaban J connectivity index is 1.97. The minimum Gasteiger partial charge on any atom is -0.374 e. The van der Waals surface area contributed by atoms with Crippen molar-refractivity contribution in [2.24, 2.45) is 7.05 Å². The molecular formula is C7H10N4O2. The lowest BCUT2D eigenvalue weighted by molar-refractivity contribution is 0.120. The number of nitrogens with zero attached hydrogens (tertiary/aromatic N) is 4. The zero-order chi connectivity index (χ0) is 9.26. The Morgan fingerprint density at radius 1 is 1.62 bits per heavy atom. The van der Waals surface area contributed by atoms with E-state index >= 15 is 0 Å². The molecular weight excluding hydrogens is 172 g/mol. The average molecular weight is 182 g/mol. The Bertz CT molecular complexity index is 318. The molecule has 0 N–H and O–H groups in total. The first-order chi connectivity index (χ1) is 6.27. The monoisotopic (exact) mass is 182 g/mol. The third kappa shape index (κ3) is 1.47. The number of hydrogen-bond donors (Lipinski definition) is 0. The van der Waals surface area contributed by atoms with Crippen LogP contribution in [0.4, 0.5) is 4.79 Å². The first-order valence-electron chi connectivity index (χ1n) is 4.08. The molecule has 1 aromatic heterocycles. The summed E-state index contributed by atoms with van der Waals surface area (Å²) in [6.45, 7) is 1.55. The maximum atomic E-state index is 11.3. The predicted octanol–water partition coefficient (Wildman–Crippen LogP) is 0.0196. The molecule has 0 unspecified atom stereocenters. The van der Waals surface area contributed by atoms with Crippen molar-refractivity contribution in [3.8, 4) is 6.01 Å². The van der Waals surface area contributed by atoms with E-state index in [9.17, 15) is 4.79 Å². The van der Waals surface area contributed by atoms with Crippen molar-refractivity contribution >= 4 is 6.09 Å². The second-order valence-electron chi connectivity index (χ2n) is 2.93. The van der Waals surface area contributed by atoms with Crippen LogP contribution in [0.15, 0.2) is 6.33 Å². The van der Waals surface area contributed by atoms with Gasteiger partial charge in [-0.3, -0.25) is 4.57 Å². The maximum absolute atomic E-state index is 11.3. The van der Waals surface area contributed by atoms with Gasteiger partial charge in [-0.2, -0.15) is 0 Å². The molecule has 0 aromatic carbocycles. The van der Waals surface area contributed by atoms with Crippen molar-refractivity contribution in [2.45, 2.75) is 6.42 Å². The third-order valence-electron chi connectivity index (χ3n) is 1.96. The van der Waals surface area contributed by atoms with E-state index in [0.717, 1.165) is 19.5 Å². The number of aromatic nitrogens is 3. The normalized spacial score (nSPS) is 15.3. The molecule has 2 heterocycles. The summed E-state index contributed by atoms with van der Waals surface area (Å²) >= 11 is 0. The summed E-state index contributed by atoms with van der Waals surface area (Å²) in [5.41, 5.74) is 0. The van der Waals surface area contributed by atoms with Crippen LogP contribution in [0.25, 0.3) is 0 Å². The summed E-state index contributed by atoms with van der Waals surface area (Å²) in [6, 6.07) is 0.233. The standard InChI is InChI=1S/C7H10N4O2/c1-10-5-8-9-6(10)13-7(12)11-3-2-4-11/h5H,2-4H2,1H3. The van der Waals surface area contributed by atoms with E-state index in [1.54, 1.807) is 16.5 Å². The van der Waals surface area contributed by atoms with Gasteiger partial charge in [-0.1, -0.05) is 5.10 Å². The molecule has 0 bridgehead atoms. The zero-order valence-electron chi connectivity index (χ0n) is 7.30. The third-order valence-corrected chi connectivity index (χ3v) is 1.96. The second kappa shape index (κ2) is 3.04. The van der Waals surface area contributed by atoms with Crippen molar-refractivity contribution in [1.82, 2.24) is 19.7 Å². The van der Waals surface area contributed by atoms with E-state index in [-0.39, 0.29) is 12.1 Å². The highest BCUT2D eigenvalue weighted by Gasteiger charge is 2.23. The lowest BCUT2D eigenvalue weighted by Gasteiger charge is -2.29. The number of aryl methyl sites for hydroxylation is 1. The van der Waals surface area contributed by atoms with Crippen molar-refractivity contribution < 1.29 is 9.53 Å². The Labute approximate surface area is 75.1 Å². The molecule has 0 aliphatic carbocycles. The van der Waals surface area contributed by atoms with Crippen LogP contribution in [0.1, 0.15) is 6.42 Å². The van der Waals surface area contributed by atoms with Gasteiger partial charge in [0.2, 0.25) is 0 Å². The Morgan fingerprint density at radius 2 is 2.38 bits per heavy atom. The van der Waals surface area contributed by atoms with Gasteiger partial charge in [-0.25, -0.2) is 4.79 Å². The van der Waals surface area contributed by atoms with Gasteiger partial charge in [-0.15, -0.1) is 5.10 Å². The molecule has 1 amide bonds. The smallest absolute Gasteiger partial charge is 0.374 e. The molecule has 0 atom stereocenters. The predicted molar refractivity (Wildman–Crippen MR) is 43.2 cm³/mol. The van der Waals surface area contributed by atoms with Crippen molar-refractivity contribution in [3.05, 3.63) is 6.33 Å². The first kappa shape index (κ1) is 8.03. The largest absolute Gasteiger partial charge is 0.417 e. The number of carbonyl (C=O) groups is 1. The number of rotatable bonds is 1. The summed E-state index contributed by atoms with van der Waals surface area (Å²) in [4.78, 5) is 12.9. The van der Waals surface area contributed by atoms with Crippen molar-refractivity contribution in [3.63, 3.8) is 0 Å². The Kier molecular flexibility index (Phi) is 1.88. The van der Waals surface area contributed by atoms with Gasteiger partial charge in [0, 0.05) is 20.1 Å². The molecule has 1 saturated heterocycles. The van der Waals surface area contributed by atoms with Crippen LogP contribution < -0.4 is 4.74 Å². The quantitative estimate of drug-likeness (QED) is 0.614. The van der Waals surface area contributed by atoms with Crippen LogP contribution >= 0.6 is 0 Å². The highest BCUT2D eigenvalue weighted by molar-refractivity contribution is 5.70. The summed E-state index contributed by atoms with van der Waals surface area (Å²) in [5, 5.41) is 7.23. The van der Waals surface area contributed by atoms with Crippen LogP contribution in [0, 0.1) is 0 Å². The van der Waals surface area contributed by atoms with Crippen LogP contribution in [0.2, 0.25) is 0 Å². The molecule has 1 fully saturated rings. The molecule has 0 spiro atoms. The zero-order valence-corrected chi connectivity index (χ0v) is 7.30. The van der Waals surface area contributed by atoms with Gasteiger partial charge in [-0.05, 0) is 6.42 Å². The average Bonchev–Trinajstić information content (AvgIpc) is 2.32. The molecule has 70 valence electrons. The first-order valence-corrected chi connectivity index (χ1v) is 4.08. The van der Waals surface area contributed by atoms with Gasteiger partial charge in [0.15, 0.2) is 0 Å². The van der Waals surface area contributed by atoms with E-state index in [4.69, 9.17) is 4.74 Å². The van der Waals surface area contributed by atoms with Crippen molar-refractivity contribution in [1.29, 1.82) is 0 Å². The fourth-order valence-corrected chi connectivity index (χ4v) is 1.01. The van der Waals surface area contributed by atoms with Gasteiger partial charge in [0.05, 0.1) is 0 Å². The molecule has 1 aliphatic rings. The molecule has 13 heavy (non-hydrogen) atoms. The van der Waals surface area contributed by atoms with E-state index in [1.807, 2.05) is 0 Å². The van der Waals surface area contributed by atoms with Gasteiger partial charge >= 0.3 is 12.1 Å². The minimum absolute atomic E-state index is 0.233. The fourth-order valence-electron chi connectivity index (χ4n) is 1.01. The van der Waals surface area contributed by atoms with Crippen LogP contribution in [-0.4, -0.2) is 38.8 Å². The lowest BCUT2D eigenvalue weighted by atomic mass is 10.2. The number of carbonyl (C=O) groups excluding carboxylic acids is 1. The SMILES string of the molecule is Cn1cnnc1OC(=O)N1CCC1. The molecule has 1 aliphatic heterocycles. The molecule has 1 aromatic rings. The van der Waals surface area contributed by atoms with E-state index < -0.39 is 0 Å². The van der Waals surface area contributed by atoms with E-state index in [1.165, 1.54) is 6.33 Å². The molecule has 6 heteroatoms. The molecule has 0 radical (unpaired) electrons. The van der Waals surface area contributed by atoms with Gasteiger partial charge < -0.3 is 9.64 Å². The summed E-state index contributed by atoms with van der Waals surface area (Å²) < 4.78 is 6.52. The highest BCUT2D eigenvalue weighted by atomic mass is 16.6. The van der Waals surface area contributed by atoms with Gasteiger partial charge in [0.25, 0.3) is 0 Å². The van der Waals surface area contributed by atoms with Crippen molar-refractivity contribution in [2.75, 3.05) is 13.1 Å². The number of hydrogen-bond acceptors (Lipinski definition) is 4. The Hall–Kier alpha value is -1.59. The topological polar surface area (TPSA) is 60.2 Å².